The number of carbonyl (C=O) groups excluding carboxylic acids is 2. The minimum absolute atomic E-state index is 0.00538. The van der Waals surface area contributed by atoms with E-state index < -0.39 is 0 Å². The van der Waals surface area contributed by atoms with Crippen molar-refractivity contribution in [3.05, 3.63) is 28.8 Å². The number of hydrogen-bond acceptors (Lipinski definition) is 4. The second-order valence-electron chi connectivity index (χ2n) is 9.09. The maximum absolute atomic E-state index is 12.6. The molecule has 8 heteroatoms. The molecule has 0 radical (unpaired) electrons. The van der Waals surface area contributed by atoms with Gasteiger partial charge in [0, 0.05) is 37.7 Å². The molecular weight excluding hydrogens is 428 g/mol. The van der Waals surface area contributed by atoms with Crippen molar-refractivity contribution < 1.29 is 14.3 Å². The van der Waals surface area contributed by atoms with Gasteiger partial charge in [0.15, 0.2) is 0 Å². The lowest BCUT2D eigenvalue weighted by Crippen LogP contribution is -2.46. The molecule has 3 saturated heterocycles. The van der Waals surface area contributed by atoms with Gasteiger partial charge < -0.3 is 19.9 Å². The van der Waals surface area contributed by atoms with Gasteiger partial charge in [0.25, 0.3) is 0 Å². The van der Waals surface area contributed by atoms with E-state index >= 15 is 0 Å². The average Bonchev–Trinajstić information content (AvgIpc) is 3.52. The Kier molecular flexibility index (Phi) is 8.14. The maximum Gasteiger partial charge on any atom is 0.317 e. The first kappa shape index (κ1) is 23.2. The van der Waals surface area contributed by atoms with Crippen molar-refractivity contribution in [1.82, 2.24) is 20.0 Å². The van der Waals surface area contributed by atoms with Crippen LogP contribution in [0.4, 0.5) is 4.79 Å². The van der Waals surface area contributed by atoms with Crippen LogP contribution in [-0.2, 0) is 4.79 Å². The van der Waals surface area contributed by atoms with Gasteiger partial charge in [-0.05, 0) is 75.2 Å². The molecule has 0 aromatic heterocycles. The topological polar surface area (TPSA) is 65.1 Å². The molecule has 3 fully saturated rings. The van der Waals surface area contributed by atoms with Crippen LogP contribution in [-0.4, -0.2) is 85.6 Å². The molecule has 1 aromatic rings. The molecule has 1 N–H and O–H groups in total. The third-order valence-corrected chi connectivity index (χ3v) is 7.15. The highest BCUT2D eigenvalue weighted by Crippen LogP contribution is 2.36. The first-order chi connectivity index (χ1) is 15.6. The highest BCUT2D eigenvalue weighted by Gasteiger charge is 2.27. The van der Waals surface area contributed by atoms with Crippen molar-refractivity contribution in [3.8, 4) is 5.75 Å². The fourth-order valence-electron chi connectivity index (χ4n) is 5.00. The Morgan fingerprint density at radius 3 is 2.38 bits per heavy atom. The molecular formula is C24H35ClN4O3. The molecule has 3 aliphatic heterocycles. The summed E-state index contributed by atoms with van der Waals surface area (Å²) in [5.41, 5.74) is 1.19. The number of hydrogen-bond donors (Lipinski definition) is 1. The lowest BCUT2D eigenvalue weighted by Gasteiger charge is -2.33. The Balaban J connectivity index is 1.25. The quantitative estimate of drug-likeness (QED) is 0.675. The third-order valence-electron chi connectivity index (χ3n) is 6.91. The molecule has 0 aliphatic carbocycles. The van der Waals surface area contributed by atoms with E-state index in [0.717, 1.165) is 64.2 Å². The van der Waals surface area contributed by atoms with E-state index in [9.17, 15) is 9.59 Å². The Morgan fingerprint density at radius 1 is 0.969 bits per heavy atom. The second kappa shape index (κ2) is 11.2. The summed E-state index contributed by atoms with van der Waals surface area (Å²) in [6, 6.07) is 5.80. The van der Waals surface area contributed by atoms with E-state index in [1.54, 1.807) is 4.90 Å². The van der Waals surface area contributed by atoms with Crippen LogP contribution in [0, 0.1) is 0 Å². The van der Waals surface area contributed by atoms with E-state index in [0.29, 0.717) is 30.6 Å². The van der Waals surface area contributed by atoms with Gasteiger partial charge in [-0.15, -0.1) is 0 Å². The maximum atomic E-state index is 12.6. The number of ether oxygens (including phenoxy) is 1. The van der Waals surface area contributed by atoms with Crippen LogP contribution in [0.3, 0.4) is 0 Å². The molecule has 1 aromatic carbocycles. The molecule has 0 bridgehead atoms. The zero-order chi connectivity index (χ0) is 22.3. The average molecular weight is 463 g/mol. The Labute approximate surface area is 196 Å². The smallest absolute Gasteiger partial charge is 0.317 e. The zero-order valence-electron chi connectivity index (χ0n) is 18.9. The van der Waals surface area contributed by atoms with E-state index in [4.69, 9.17) is 16.3 Å². The monoisotopic (exact) mass is 462 g/mol. The van der Waals surface area contributed by atoms with Crippen molar-refractivity contribution in [3.63, 3.8) is 0 Å². The fourth-order valence-corrected chi connectivity index (χ4v) is 5.16. The highest BCUT2D eigenvalue weighted by atomic mass is 35.5. The number of benzene rings is 1. The van der Waals surface area contributed by atoms with Crippen molar-refractivity contribution in [2.75, 3.05) is 59.0 Å². The predicted octanol–water partition coefficient (Wildman–Crippen LogP) is 3.33. The van der Waals surface area contributed by atoms with Gasteiger partial charge in [-0.1, -0.05) is 17.7 Å². The van der Waals surface area contributed by atoms with Gasteiger partial charge in [0.1, 0.15) is 12.4 Å². The summed E-state index contributed by atoms with van der Waals surface area (Å²) in [6.07, 6.45) is 6.42. The summed E-state index contributed by atoms with van der Waals surface area (Å²) in [5, 5.41) is 3.47. The number of amides is 3. The van der Waals surface area contributed by atoms with E-state index in [-0.39, 0.29) is 18.5 Å². The summed E-state index contributed by atoms with van der Waals surface area (Å²) in [7, 11) is 0. The van der Waals surface area contributed by atoms with Crippen LogP contribution < -0.4 is 10.1 Å². The SMILES string of the molecule is O=C(CNC(=O)N1CCCC1)N1CCC(c2ccc(Cl)cc2OCCN2CCCC2)CC1. The van der Waals surface area contributed by atoms with Crippen LogP contribution in [0.5, 0.6) is 5.75 Å². The zero-order valence-corrected chi connectivity index (χ0v) is 19.6. The fraction of sp³-hybridized carbons (Fsp3) is 0.667. The number of nitrogens with one attached hydrogen (secondary N) is 1. The van der Waals surface area contributed by atoms with Gasteiger partial charge in [-0.25, -0.2) is 4.79 Å². The summed E-state index contributed by atoms with van der Waals surface area (Å²) < 4.78 is 6.16. The highest BCUT2D eigenvalue weighted by molar-refractivity contribution is 6.30. The first-order valence-corrected chi connectivity index (χ1v) is 12.4. The molecule has 32 heavy (non-hydrogen) atoms. The summed E-state index contributed by atoms with van der Waals surface area (Å²) in [6.45, 7) is 6.98. The van der Waals surface area contributed by atoms with Crippen LogP contribution in [0.25, 0.3) is 0 Å². The number of urea groups is 1. The van der Waals surface area contributed by atoms with E-state index in [1.165, 1.54) is 18.4 Å². The molecule has 0 saturated carbocycles. The molecule has 7 nitrogen and oxygen atoms in total. The molecule has 176 valence electrons. The van der Waals surface area contributed by atoms with Crippen LogP contribution in [0.1, 0.15) is 50.0 Å². The molecule has 3 aliphatic rings. The van der Waals surface area contributed by atoms with Gasteiger partial charge in [0.2, 0.25) is 5.91 Å². The van der Waals surface area contributed by atoms with Gasteiger partial charge >= 0.3 is 6.03 Å². The van der Waals surface area contributed by atoms with Gasteiger partial charge in [-0.3, -0.25) is 9.69 Å². The van der Waals surface area contributed by atoms with Crippen LogP contribution in [0.15, 0.2) is 18.2 Å². The Morgan fingerprint density at radius 2 is 1.66 bits per heavy atom. The van der Waals surface area contributed by atoms with E-state index in [2.05, 4.69) is 16.3 Å². The van der Waals surface area contributed by atoms with E-state index in [1.807, 2.05) is 17.0 Å². The number of carbonyl (C=O) groups is 2. The van der Waals surface area contributed by atoms with Crippen LogP contribution in [0.2, 0.25) is 5.02 Å². The number of nitrogens with zero attached hydrogens (tertiary/aromatic N) is 3. The minimum Gasteiger partial charge on any atom is -0.492 e. The van der Waals surface area contributed by atoms with Crippen molar-refractivity contribution in [1.29, 1.82) is 0 Å². The minimum atomic E-state index is -0.123. The summed E-state index contributed by atoms with van der Waals surface area (Å²) in [4.78, 5) is 30.8. The van der Waals surface area contributed by atoms with Crippen LogP contribution >= 0.6 is 11.6 Å². The molecule has 0 unspecified atom stereocenters. The number of halogens is 1. The van der Waals surface area contributed by atoms with Crippen molar-refractivity contribution in [2.24, 2.45) is 0 Å². The predicted molar refractivity (Wildman–Crippen MR) is 125 cm³/mol. The molecule has 3 heterocycles. The molecule has 4 rings (SSSR count). The normalized spacial score (nSPS) is 20.0. The molecule has 0 spiro atoms. The van der Waals surface area contributed by atoms with Gasteiger partial charge in [-0.2, -0.15) is 0 Å². The number of rotatable bonds is 7. The summed E-state index contributed by atoms with van der Waals surface area (Å²) >= 11 is 6.25. The first-order valence-electron chi connectivity index (χ1n) is 12.1. The molecule has 0 atom stereocenters. The Bertz CT molecular complexity index is 785. The lowest BCUT2D eigenvalue weighted by molar-refractivity contribution is -0.131. The van der Waals surface area contributed by atoms with Crippen molar-refractivity contribution >= 4 is 23.5 Å². The third kappa shape index (κ3) is 6.07. The summed E-state index contributed by atoms with van der Waals surface area (Å²) in [5.74, 6) is 1.21. The van der Waals surface area contributed by atoms with Gasteiger partial charge in [0.05, 0.1) is 6.54 Å². The number of likely N-dealkylation sites (tertiary alicyclic amines) is 3. The Hall–Kier alpha value is -1.99. The lowest BCUT2D eigenvalue weighted by atomic mass is 9.88. The second-order valence-corrected chi connectivity index (χ2v) is 9.52. The van der Waals surface area contributed by atoms with Crippen molar-refractivity contribution in [2.45, 2.75) is 44.4 Å². The standard InChI is InChI=1S/C24H35ClN4O3/c25-20-5-6-21(22(17-20)32-16-15-27-9-1-2-10-27)19-7-13-28(14-8-19)23(30)18-26-24(31)29-11-3-4-12-29/h5-6,17,19H,1-4,7-16,18H2,(H,26,31). The number of piperidine rings is 1. The largest absolute Gasteiger partial charge is 0.492 e. The molecule has 3 amide bonds.